The summed E-state index contributed by atoms with van der Waals surface area (Å²) in [6.07, 6.45) is 0. The van der Waals surface area contributed by atoms with E-state index in [0.29, 0.717) is 0 Å². The van der Waals surface area contributed by atoms with Gasteiger partial charge in [-0.05, 0) is 13.8 Å². The van der Waals surface area contributed by atoms with Gasteiger partial charge in [0.2, 0.25) is 0 Å². The second-order valence-electron chi connectivity index (χ2n) is 1.86. The molecule has 6 heteroatoms. The smallest absolute Gasteiger partial charge is 0.303 e. The summed E-state index contributed by atoms with van der Waals surface area (Å²) in [5.41, 5.74) is -0.536. The Labute approximate surface area is 80.3 Å². The average molecular weight is 259 g/mol. The molecule has 0 N–H and O–H groups in total. The Hall–Kier alpha value is 0.300. The molecule has 0 aliphatic carbocycles. The zero-order valence-electron chi connectivity index (χ0n) is 7.08. The fourth-order valence-corrected chi connectivity index (χ4v) is 2.70. The summed E-state index contributed by atoms with van der Waals surface area (Å²) in [5, 5.41) is -0.00965. The summed E-state index contributed by atoms with van der Waals surface area (Å²) in [5.74, 6) is 0. The highest BCUT2D eigenvalue weighted by atomic mass is 79.9. The minimum absolute atomic E-state index is 0.00965. The van der Waals surface area contributed by atoms with Crippen molar-refractivity contribution >= 4 is 29.1 Å². The molecule has 0 aliphatic heterocycles. The Balaban J connectivity index is 4.38. The van der Waals surface area contributed by atoms with E-state index in [-0.39, 0.29) is 18.5 Å². The van der Waals surface area contributed by atoms with E-state index in [1.165, 1.54) is 0 Å². The second-order valence-corrected chi connectivity index (χ2v) is 4.43. The highest BCUT2D eigenvalue weighted by molar-refractivity contribution is 9.09. The second kappa shape index (κ2) is 5.86. The van der Waals surface area contributed by atoms with Crippen LogP contribution >= 0.6 is 23.5 Å². The Bertz CT molecular complexity index is 184. The van der Waals surface area contributed by atoms with Gasteiger partial charge in [-0.25, -0.2) is 0 Å². The number of halogens is 1. The number of rotatable bonds is 6. The molecule has 0 aliphatic rings. The van der Waals surface area contributed by atoms with Crippen molar-refractivity contribution < 1.29 is 18.4 Å². The largest absolute Gasteiger partial charge is 0.397 e. The highest BCUT2D eigenvalue weighted by Gasteiger charge is 2.32. The van der Waals surface area contributed by atoms with Crippen LogP contribution in [0.5, 0.6) is 0 Å². The fraction of sp³-hybridized carbons (Fsp3) is 0.833. The van der Waals surface area contributed by atoms with Gasteiger partial charge in [-0.15, -0.1) is 0 Å². The van der Waals surface area contributed by atoms with E-state index in [2.05, 4.69) is 15.9 Å². The Morgan fingerprint density at radius 3 is 2.00 bits per heavy atom. The average Bonchev–Trinajstić information content (AvgIpc) is 2.04. The lowest BCUT2D eigenvalue weighted by atomic mass is 10.9. The van der Waals surface area contributed by atoms with Crippen molar-refractivity contribution in [1.82, 2.24) is 0 Å². The van der Waals surface area contributed by atoms with Gasteiger partial charge in [0.05, 0.1) is 18.5 Å². The molecule has 0 heterocycles. The minimum atomic E-state index is -3.50. The van der Waals surface area contributed by atoms with Gasteiger partial charge in [-0.2, -0.15) is 0 Å². The van der Waals surface area contributed by atoms with E-state index in [9.17, 15) is 9.36 Å². The lowest BCUT2D eigenvalue weighted by Crippen LogP contribution is -2.07. The lowest BCUT2D eigenvalue weighted by molar-refractivity contribution is -0.111. The van der Waals surface area contributed by atoms with Crippen molar-refractivity contribution in [3.63, 3.8) is 0 Å². The normalized spacial score (nSPS) is 11.6. The summed E-state index contributed by atoms with van der Waals surface area (Å²) in [4.78, 5) is 11.1. The molecule has 0 bridgehead atoms. The van der Waals surface area contributed by atoms with Crippen LogP contribution in [0.4, 0.5) is 0 Å². The third-order valence-corrected chi connectivity index (χ3v) is 3.93. The summed E-state index contributed by atoms with van der Waals surface area (Å²) in [6.45, 7) is 3.73. The van der Waals surface area contributed by atoms with Crippen LogP contribution in [0.2, 0.25) is 0 Å². The van der Waals surface area contributed by atoms with E-state index in [1.54, 1.807) is 13.8 Å². The number of carbonyl (C=O) groups is 1. The molecule has 0 aromatic heterocycles. The highest BCUT2D eigenvalue weighted by Crippen LogP contribution is 2.49. The molecule has 4 nitrogen and oxygen atoms in total. The molecular formula is C6H12BrO4P. The Morgan fingerprint density at radius 2 is 1.75 bits per heavy atom. The molecule has 12 heavy (non-hydrogen) atoms. The Kier molecular flexibility index (Phi) is 6.01. The van der Waals surface area contributed by atoms with E-state index >= 15 is 0 Å². The van der Waals surface area contributed by atoms with Crippen LogP contribution in [0.15, 0.2) is 0 Å². The first kappa shape index (κ1) is 12.3. The van der Waals surface area contributed by atoms with Crippen molar-refractivity contribution in [2.75, 3.05) is 18.5 Å². The van der Waals surface area contributed by atoms with Crippen molar-refractivity contribution in [1.29, 1.82) is 0 Å². The Morgan fingerprint density at radius 1 is 1.33 bits per heavy atom. The summed E-state index contributed by atoms with van der Waals surface area (Å²) in [7, 11) is -3.50. The maximum atomic E-state index is 11.5. The van der Waals surface area contributed by atoms with E-state index in [1.807, 2.05) is 0 Å². The molecule has 0 fully saturated rings. The monoisotopic (exact) mass is 258 g/mol. The van der Waals surface area contributed by atoms with E-state index in [4.69, 9.17) is 9.05 Å². The maximum Gasteiger partial charge on any atom is 0.397 e. The SMILES string of the molecule is CCOP(=O)(OCC)C(=O)CBr. The molecule has 72 valence electrons. The molecule has 0 aromatic rings. The summed E-state index contributed by atoms with van der Waals surface area (Å²) in [6, 6.07) is 0. The van der Waals surface area contributed by atoms with Crippen LogP contribution in [0.25, 0.3) is 0 Å². The van der Waals surface area contributed by atoms with Crippen LogP contribution < -0.4 is 0 Å². The first-order valence-corrected chi connectivity index (χ1v) is 6.25. The molecule has 0 spiro atoms. The number of hydrogen-bond donors (Lipinski definition) is 0. The number of carbonyl (C=O) groups excluding carboxylic acids is 1. The van der Waals surface area contributed by atoms with Gasteiger partial charge in [0.1, 0.15) is 0 Å². The van der Waals surface area contributed by atoms with E-state index < -0.39 is 13.1 Å². The number of hydrogen-bond acceptors (Lipinski definition) is 4. The van der Waals surface area contributed by atoms with Crippen molar-refractivity contribution in [2.45, 2.75) is 13.8 Å². The van der Waals surface area contributed by atoms with Crippen molar-refractivity contribution in [3.8, 4) is 0 Å². The van der Waals surface area contributed by atoms with Crippen LogP contribution in [-0.4, -0.2) is 24.1 Å². The van der Waals surface area contributed by atoms with E-state index in [0.717, 1.165) is 0 Å². The molecule has 0 amide bonds. The van der Waals surface area contributed by atoms with Crippen LogP contribution in [-0.2, 0) is 18.4 Å². The van der Waals surface area contributed by atoms with Gasteiger partial charge in [0, 0.05) is 0 Å². The predicted octanol–water partition coefficient (Wildman–Crippen LogP) is 2.17. The fourth-order valence-electron chi connectivity index (χ4n) is 0.594. The zero-order chi connectivity index (χ0) is 9.61. The molecular weight excluding hydrogens is 247 g/mol. The van der Waals surface area contributed by atoms with Gasteiger partial charge in [-0.3, -0.25) is 9.36 Å². The minimum Gasteiger partial charge on any atom is -0.303 e. The molecule has 0 radical (unpaired) electrons. The standard InChI is InChI=1S/C6H12BrO4P/c1-3-10-12(9,11-4-2)6(8)5-7/h3-5H2,1-2H3. The molecule has 0 rings (SSSR count). The molecule has 0 aromatic carbocycles. The van der Waals surface area contributed by atoms with Gasteiger partial charge in [0.15, 0.2) is 0 Å². The molecule has 0 saturated carbocycles. The quantitative estimate of drug-likeness (QED) is 0.541. The first-order chi connectivity index (χ1) is 5.60. The van der Waals surface area contributed by atoms with Gasteiger partial charge < -0.3 is 9.05 Å². The predicted molar refractivity (Wildman–Crippen MR) is 49.7 cm³/mol. The molecule has 0 unspecified atom stereocenters. The first-order valence-electron chi connectivity index (χ1n) is 3.59. The topological polar surface area (TPSA) is 52.6 Å². The summed E-state index contributed by atoms with van der Waals surface area (Å²) >= 11 is 2.91. The van der Waals surface area contributed by atoms with Crippen molar-refractivity contribution in [2.24, 2.45) is 0 Å². The van der Waals surface area contributed by atoms with Crippen LogP contribution in [0.1, 0.15) is 13.8 Å². The maximum absolute atomic E-state index is 11.5. The van der Waals surface area contributed by atoms with Gasteiger partial charge >= 0.3 is 7.60 Å². The number of alkyl halides is 1. The third-order valence-electron chi connectivity index (χ3n) is 1.02. The van der Waals surface area contributed by atoms with Gasteiger partial charge in [0.25, 0.3) is 5.52 Å². The van der Waals surface area contributed by atoms with Crippen molar-refractivity contribution in [3.05, 3.63) is 0 Å². The third kappa shape index (κ3) is 3.35. The summed E-state index contributed by atoms with van der Waals surface area (Å²) < 4.78 is 21.1. The van der Waals surface area contributed by atoms with Crippen LogP contribution in [0, 0.1) is 0 Å². The van der Waals surface area contributed by atoms with Crippen LogP contribution in [0.3, 0.4) is 0 Å². The lowest BCUT2D eigenvalue weighted by Gasteiger charge is -2.13. The van der Waals surface area contributed by atoms with Gasteiger partial charge in [-0.1, -0.05) is 15.9 Å². The molecule has 0 atom stereocenters. The molecule has 0 saturated heterocycles. The zero-order valence-corrected chi connectivity index (χ0v) is 9.56.